The number of carbonyl (C=O) groups is 2. The molecule has 0 bridgehead atoms. The lowest BCUT2D eigenvalue weighted by Crippen LogP contribution is -2.61. The van der Waals surface area contributed by atoms with Gasteiger partial charge in [-0.15, -0.1) is 0 Å². The Morgan fingerprint density at radius 1 is 1.24 bits per heavy atom. The number of carboxylic acid groups (broad SMARTS) is 1. The third-order valence-electron chi connectivity index (χ3n) is 6.30. The van der Waals surface area contributed by atoms with E-state index in [1.54, 1.807) is 6.92 Å². The van der Waals surface area contributed by atoms with Gasteiger partial charge in [0, 0.05) is 43.8 Å². The van der Waals surface area contributed by atoms with E-state index < -0.39 is 51.8 Å². The van der Waals surface area contributed by atoms with E-state index in [0.29, 0.717) is 17.7 Å². The highest BCUT2D eigenvalue weighted by molar-refractivity contribution is 5.94. The molecule has 1 aromatic carbocycles. The molecular weight excluding hydrogens is 465 g/mol. The van der Waals surface area contributed by atoms with Crippen molar-refractivity contribution in [1.29, 1.82) is 0 Å². The molecule has 4 rings (SSSR count). The fourth-order valence-corrected chi connectivity index (χ4v) is 4.62. The van der Waals surface area contributed by atoms with Crippen LogP contribution in [0.2, 0.25) is 0 Å². The predicted molar refractivity (Wildman–Crippen MR) is 112 cm³/mol. The number of nitrogens with zero attached hydrogens (tertiary/aromatic N) is 3. The molecule has 1 N–H and O–H groups in total. The van der Waals surface area contributed by atoms with Gasteiger partial charge >= 0.3 is 18.1 Å². The normalized spacial score (nSPS) is 17.6. The molecule has 7 nitrogen and oxygen atoms in total. The predicted octanol–water partition coefficient (Wildman–Crippen LogP) is 3.55. The van der Waals surface area contributed by atoms with Crippen LogP contribution in [-0.4, -0.2) is 58.8 Å². The van der Waals surface area contributed by atoms with E-state index in [2.05, 4.69) is 0 Å². The van der Waals surface area contributed by atoms with Crippen molar-refractivity contribution in [3.05, 3.63) is 39.7 Å². The van der Waals surface area contributed by atoms with Crippen LogP contribution >= 0.6 is 0 Å². The van der Waals surface area contributed by atoms with Crippen LogP contribution in [0.25, 0.3) is 10.9 Å². The number of fused-ring (bicyclic) bond motifs is 1. The van der Waals surface area contributed by atoms with Gasteiger partial charge in [0.15, 0.2) is 5.82 Å². The fraction of sp³-hybridized carbons (Fsp3) is 0.500. The van der Waals surface area contributed by atoms with Crippen LogP contribution in [0, 0.1) is 17.0 Å². The number of aromatic carboxylic acids is 1. The van der Waals surface area contributed by atoms with E-state index in [9.17, 15) is 37.1 Å². The lowest BCUT2D eigenvalue weighted by Gasteiger charge is -2.51. The quantitative estimate of drug-likeness (QED) is 0.631. The summed E-state index contributed by atoms with van der Waals surface area (Å²) in [5.74, 6) is -5.58. The highest BCUT2D eigenvalue weighted by Gasteiger charge is 2.47. The van der Waals surface area contributed by atoms with Crippen molar-refractivity contribution < 1.29 is 36.6 Å². The first kappa shape index (κ1) is 24.0. The molecule has 34 heavy (non-hydrogen) atoms. The lowest BCUT2D eigenvalue weighted by atomic mass is 9.80. The molecule has 2 aromatic rings. The molecule has 0 unspecified atom stereocenters. The molecule has 1 saturated carbocycles. The number of carbonyl (C=O) groups excluding carboxylic acids is 1. The number of hydrogen-bond acceptors (Lipinski definition) is 4. The molecule has 1 amide bonds. The standard InChI is InChI=1S/C22H22F5N3O4/c1-3-28(20(34)22(25,26)27)8-21(2)9-29(10-21)17-14(23)6-12-16(15(17)24)30(11-4-5-11)7-13(18(12)31)19(32)33/h6-7,11H,3-5,8-10H2,1-2H3,(H,32,33). The maximum absolute atomic E-state index is 15.6. The van der Waals surface area contributed by atoms with Crippen LogP contribution in [0.1, 0.15) is 43.1 Å². The van der Waals surface area contributed by atoms with E-state index in [-0.39, 0.29) is 43.1 Å². The minimum Gasteiger partial charge on any atom is -0.477 e. The largest absolute Gasteiger partial charge is 0.477 e. The van der Waals surface area contributed by atoms with Gasteiger partial charge in [0.25, 0.3) is 0 Å². The number of hydrogen-bond donors (Lipinski definition) is 1. The number of anilines is 1. The van der Waals surface area contributed by atoms with Crippen LogP contribution in [0.5, 0.6) is 0 Å². The van der Waals surface area contributed by atoms with E-state index >= 15 is 4.39 Å². The summed E-state index contributed by atoms with van der Waals surface area (Å²) in [5.41, 5.74) is -3.07. The van der Waals surface area contributed by atoms with Gasteiger partial charge in [0.2, 0.25) is 5.43 Å². The number of benzene rings is 1. The Morgan fingerprint density at radius 3 is 2.35 bits per heavy atom. The van der Waals surface area contributed by atoms with Crippen LogP contribution in [0.4, 0.5) is 27.6 Å². The zero-order chi connectivity index (χ0) is 25.2. The second-order valence-electron chi connectivity index (χ2n) is 9.22. The second kappa shape index (κ2) is 7.95. The van der Waals surface area contributed by atoms with Crippen molar-refractivity contribution in [3.63, 3.8) is 0 Å². The Labute approximate surface area is 190 Å². The molecule has 2 fully saturated rings. The summed E-state index contributed by atoms with van der Waals surface area (Å²) < 4.78 is 70.5. The van der Waals surface area contributed by atoms with Crippen molar-refractivity contribution in [2.45, 2.75) is 38.9 Å². The van der Waals surface area contributed by atoms with Gasteiger partial charge in [-0.3, -0.25) is 9.59 Å². The first-order chi connectivity index (χ1) is 15.8. The van der Waals surface area contributed by atoms with Gasteiger partial charge in [0.1, 0.15) is 17.1 Å². The summed E-state index contributed by atoms with van der Waals surface area (Å²) in [7, 11) is 0. The average molecular weight is 487 g/mol. The number of amides is 1. The number of pyridine rings is 1. The number of rotatable bonds is 6. The summed E-state index contributed by atoms with van der Waals surface area (Å²) >= 11 is 0. The van der Waals surface area contributed by atoms with Crippen LogP contribution in [0.3, 0.4) is 0 Å². The van der Waals surface area contributed by atoms with Crippen molar-refractivity contribution in [2.24, 2.45) is 5.41 Å². The van der Waals surface area contributed by atoms with E-state index in [0.717, 1.165) is 12.3 Å². The molecule has 12 heteroatoms. The van der Waals surface area contributed by atoms with Gasteiger partial charge in [-0.05, 0) is 25.8 Å². The molecule has 0 radical (unpaired) electrons. The van der Waals surface area contributed by atoms with Crippen molar-refractivity contribution >= 4 is 28.5 Å². The van der Waals surface area contributed by atoms with Crippen molar-refractivity contribution in [2.75, 3.05) is 31.1 Å². The van der Waals surface area contributed by atoms with Crippen LogP contribution in [0.15, 0.2) is 17.1 Å². The van der Waals surface area contributed by atoms with Gasteiger partial charge in [-0.2, -0.15) is 13.2 Å². The van der Waals surface area contributed by atoms with E-state index in [1.165, 1.54) is 16.4 Å². The first-order valence-electron chi connectivity index (χ1n) is 10.7. The maximum atomic E-state index is 15.6. The Morgan fingerprint density at radius 2 is 1.85 bits per heavy atom. The zero-order valence-corrected chi connectivity index (χ0v) is 18.4. The third kappa shape index (κ3) is 3.98. The lowest BCUT2D eigenvalue weighted by molar-refractivity contribution is -0.186. The number of carboxylic acids is 1. The molecule has 184 valence electrons. The monoisotopic (exact) mass is 487 g/mol. The number of aromatic nitrogens is 1. The molecule has 0 spiro atoms. The minimum atomic E-state index is -5.02. The fourth-order valence-electron chi connectivity index (χ4n) is 4.62. The topological polar surface area (TPSA) is 82.8 Å². The highest BCUT2D eigenvalue weighted by Crippen LogP contribution is 2.42. The Balaban J connectivity index is 1.68. The summed E-state index contributed by atoms with van der Waals surface area (Å²) in [6.07, 6.45) is -2.67. The Kier molecular flexibility index (Phi) is 5.60. The smallest absolute Gasteiger partial charge is 0.471 e. The number of alkyl halides is 3. The maximum Gasteiger partial charge on any atom is 0.471 e. The third-order valence-corrected chi connectivity index (χ3v) is 6.30. The molecular formula is C22H22F5N3O4. The minimum absolute atomic E-state index is 0.0190. The average Bonchev–Trinajstić information content (AvgIpc) is 3.55. The zero-order valence-electron chi connectivity index (χ0n) is 18.4. The molecule has 2 heterocycles. The molecule has 1 aromatic heterocycles. The molecule has 1 aliphatic heterocycles. The van der Waals surface area contributed by atoms with Gasteiger partial charge in [-0.25, -0.2) is 13.6 Å². The van der Waals surface area contributed by atoms with Crippen LogP contribution in [-0.2, 0) is 4.79 Å². The van der Waals surface area contributed by atoms with Crippen LogP contribution < -0.4 is 10.3 Å². The van der Waals surface area contributed by atoms with Crippen molar-refractivity contribution in [3.8, 4) is 0 Å². The van der Waals surface area contributed by atoms with E-state index in [1.807, 2.05) is 0 Å². The summed E-state index contributed by atoms with van der Waals surface area (Å²) in [4.78, 5) is 37.6. The molecule has 0 atom stereocenters. The summed E-state index contributed by atoms with van der Waals surface area (Å²) in [5, 5.41) is 8.92. The Hall–Kier alpha value is -3.18. The van der Waals surface area contributed by atoms with Gasteiger partial charge < -0.3 is 19.5 Å². The number of halogens is 5. The van der Waals surface area contributed by atoms with Crippen molar-refractivity contribution in [1.82, 2.24) is 9.47 Å². The molecule has 2 aliphatic rings. The first-order valence-corrected chi connectivity index (χ1v) is 10.7. The summed E-state index contributed by atoms with van der Waals surface area (Å²) in [6.45, 7) is 2.57. The molecule has 1 saturated heterocycles. The summed E-state index contributed by atoms with van der Waals surface area (Å²) in [6, 6.07) is 0.588. The highest BCUT2D eigenvalue weighted by atomic mass is 19.4. The van der Waals surface area contributed by atoms with Gasteiger partial charge in [-0.1, -0.05) is 6.92 Å². The second-order valence-corrected chi connectivity index (χ2v) is 9.22. The Bertz CT molecular complexity index is 1250. The van der Waals surface area contributed by atoms with E-state index in [4.69, 9.17) is 0 Å². The molecule has 1 aliphatic carbocycles. The SMILES string of the molecule is CCN(CC1(C)CN(c2c(F)cc3c(=O)c(C(=O)O)cn(C4CC4)c3c2F)C1)C(=O)C(F)(F)F. The van der Waals surface area contributed by atoms with Gasteiger partial charge in [0.05, 0.1) is 10.9 Å².